The third-order valence-electron chi connectivity index (χ3n) is 1.71. The van der Waals surface area contributed by atoms with Crippen molar-refractivity contribution in [1.29, 1.82) is 0 Å². The van der Waals surface area contributed by atoms with E-state index >= 15 is 0 Å². The summed E-state index contributed by atoms with van der Waals surface area (Å²) < 4.78 is 30.4. The van der Waals surface area contributed by atoms with Crippen molar-refractivity contribution < 1.29 is 18.1 Å². The summed E-state index contributed by atoms with van der Waals surface area (Å²) in [5, 5.41) is 9.39. The van der Waals surface area contributed by atoms with Crippen LogP contribution in [0.1, 0.15) is 0 Å². The molecule has 0 radical (unpaired) electrons. The quantitative estimate of drug-likeness (QED) is 0.256. The minimum atomic E-state index is -4.49. The van der Waals surface area contributed by atoms with Crippen molar-refractivity contribution in [2.75, 3.05) is 0 Å². The molecule has 0 unspecified atom stereocenters. The predicted octanol–water partition coefficient (Wildman–Crippen LogP) is -1.14. The number of rotatable bonds is 2. The molecule has 0 saturated heterocycles. The molecule has 8 N–H and O–H groups in total. The molecule has 0 spiro atoms. The molecule has 1 aromatic carbocycles. The van der Waals surface area contributed by atoms with Crippen LogP contribution < -0.4 is 17.2 Å². The maximum atomic E-state index is 10.8. The van der Waals surface area contributed by atoms with E-state index in [1.165, 1.54) is 6.07 Å². The Kier molecular flexibility index (Phi) is 3.73. The third kappa shape index (κ3) is 3.61. The van der Waals surface area contributed by atoms with Gasteiger partial charge < -0.3 is 22.3 Å². The third-order valence-corrected chi connectivity index (χ3v) is 2.61. The first kappa shape index (κ1) is 13.7. The van der Waals surface area contributed by atoms with Gasteiger partial charge >= 0.3 is 0 Å². The molecule has 0 saturated carbocycles. The van der Waals surface area contributed by atoms with Crippen LogP contribution in [0.15, 0.2) is 33.1 Å². The highest BCUT2D eigenvalue weighted by Crippen LogP contribution is 2.27. The summed E-state index contributed by atoms with van der Waals surface area (Å²) >= 11 is 0. The number of benzene rings is 1. The summed E-state index contributed by atoms with van der Waals surface area (Å²) in [4.78, 5) is 6.48. The number of hydrogen-bond acceptors (Lipinski definition) is 4. The number of nitrogens with zero attached hydrogens (tertiary/aromatic N) is 2. The lowest BCUT2D eigenvalue weighted by Crippen LogP contribution is -2.26. The molecule has 0 aliphatic rings. The van der Waals surface area contributed by atoms with E-state index in [0.717, 1.165) is 12.1 Å². The molecule has 0 atom stereocenters. The molecule has 9 nitrogen and oxygen atoms in total. The van der Waals surface area contributed by atoms with Crippen molar-refractivity contribution >= 4 is 27.7 Å². The monoisotopic (exact) mass is 273 g/mol. The minimum absolute atomic E-state index is 0.113. The van der Waals surface area contributed by atoms with E-state index in [9.17, 15) is 13.5 Å². The molecule has 1 rings (SSSR count). The Morgan fingerprint density at radius 2 is 1.83 bits per heavy atom. The second kappa shape index (κ2) is 4.89. The largest absolute Gasteiger partial charge is 0.506 e. The van der Waals surface area contributed by atoms with Crippen molar-refractivity contribution in [1.82, 2.24) is 0 Å². The van der Waals surface area contributed by atoms with E-state index in [-0.39, 0.29) is 17.6 Å². The van der Waals surface area contributed by atoms with Crippen molar-refractivity contribution in [3.8, 4) is 5.75 Å². The van der Waals surface area contributed by atoms with Gasteiger partial charge in [-0.05, 0) is 12.1 Å². The average Bonchev–Trinajstić information content (AvgIpc) is 2.13. The second-order valence-electron chi connectivity index (χ2n) is 3.13. The zero-order valence-electron chi connectivity index (χ0n) is 8.98. The lowest BCUT2D eigenvalue weighted by Gasteiger charge is -2.02. The molecular formula is C8H11N5O4S. The van der Waals surface area contributed by atoms with Crippen LogP contribution in [-0.2, 0) is 10.1 Å². The topological polar surface area (TPSA) is 177 Å². The second-order valence-corrected chi connectivity index (χ2v) is 4.52. The first-order chi connectivity index (χ1) is 8.20. The van der Waals surface area contributed by atoms with Crippen molar-refractivity contribution in [3.63, 3.8) is 0 Å². The van der Waals surface area contributed by atoms with Gasteiger partial charge in [-0.15, -0.1) is 0 Å². The van der Waals surface area contributed by atoms with E-state index in [4.69, 9.17) is 21.8 Å². The molecule has 10 heteroatoms. The Balaban J connectivity index is 3.18. The van der Waals surface area contributed by atoms with Gasteiger partial charge in [0.15, 0.2) is 5.96 Å². The van der Waals surface area contributed by atoms with Crippen LogP contribution in [0.25, 0.3) is 0 Å². The van der Waals surface area contributed by atoms with Gasteiger partial charge in [0, 0.05) is 6.07 Å². The maximum Gasteiger partial charge on any atom is 0.298 e. The average molecular weight is 273 g/mol. The number of aromatic hydroxyl groups is 1. The Labute approximate surface area is 102 Å². The van der Waals surface area contributed by atoms with Crippen LogP contribution in [0.5, 0.6) is 5.75 Å². The lowest BCUT2D eigenvalue weighted by molar-refractivity contribution is 0.443. The summed E-state index contributed by atoms with van der Waals surface area (Å²) in [6.45, 7) is 0. The van der Waals surface area contributed by atoms with Gasteiger partial charge in [0.1, 0.15) is 10.6 Å². The number of guanidine groups is 2. The molecule has 0 fully saturated rings. The van der Waals surface area contributed by atoms with Gasteiger partial charge in [-0.3, -0.25) is 4.55 Å². The number of aliphatic imine (C=N–C) groups is 2. The van der Waals surface area contributed by atoms with Crippen LogP contribution in [0.2, 0.25) is 0 Å². The van der Waals surface area contributed by atoms with Gasteiger partial charge in [0.2, 0.25) is 5.96 Å². The first-order valence-electron chi connectivity index (χ1n) is 4.44. The highest BCUT2D eigenvalue weighted by molar-refractivity contribution is 7.86. The Morgan fingerprint density at radius 1 is 1.22 bits per heavy atom. The van der Waals surface area contributed by atoms with Gasteiger partial charge in [-0.1, -0.05) is 0 Å². The van der Waals surface area contributed by atoms with E-state index in [2.05, 4.69) is 9.98 Å². The molecule has 0 aliphatic heterocycles. The molecule has 0 bridgehead atoms. The number of nitrogens with two attached hydrogens (primary N) is 3. The number of phenolic OH excluding ortho intramolecular Hbond substituents is 1. The predicted molar refractivity (Wildman–Crippen MR) is 65.0 cm³/mol. The molecular weight excluding hydrogens is 262 g/mol. The number of hydrogen-bond donors (Lipinski definition) is 5. The molecule has 0 heterocycles. The summed E-state index contributed by atoms with van der Waals surface area (Å²) in [5.41, 5.74) is 15.6. The van der Waals surface area contributed by atoms with Crippen molar-refractivity contribution in [2.45, 2.75) is 4.90 Å². The lowest BCUT2D eigenvalue weighted by atomic mass is 10.3. The Morgan fingerprint density at radius 3 is 2.28 bits per heavy atom. The van der Waals surface area contributed by atoms with E-state index < -0.39 is 20.8 Å². The van der Waals surface area contributed by atoms with Gasteiger partial charge in [0.25, 0.3) is 10.1 Å². The first-order valence-corrected chi connectivity index (χ1v) is 5.88. The fourth-order valence-electron chi connectivity index (χ4n) is 1.08. The zero-order valence-corrected chi connectivity index (χ0v) is 9.79. The maximum absolute atomic E-state index is 10.8. The van der Waals surface area contributed by atoms with Gasteiger partial charge in [-0.25, -0.2) is 4.99 Å². The molecule has 18 heavy (non-hydrogen) atoms. The van der Waals surface area contributed by atoms with Gasteiger partial charge in [-0.2, -0.15) is 13.4 Å². The van der Waals surface area contributed by atoms with E-state index in [0.29, 0.717) is 0 Å². The van der Waals surface area contributed by atoms with Gasteiger partial charge in [0.05, 0.1) is 5.69 Å². The van der Waals surface area contributed by atoms with Crippen LogP contribution in [0, 0.1) is 0 Å². The fourth-order valence-corrected chi connectivity index (χ4v) is 1.65. The van der Waals surface area contributed by atoms with Crippen molar-refractivity contribution in [3.05, 3.63) is 18.2 Å². The SMILES string of the molecule is NC(N)=NC(N)=Nc1ccc(S(=O)(=O)O)c(O)c1. The molecule has 0 amide bonds. The Hall–Kier alpha value is -2.33. The van der Waals surface area contributed by atoms with E-state index in [1.807, 2.05) is 0 Å². The molecule has 98 valence electrons. The van der Waals surface area contributed by atoms with Crippen LogP contribution in [0.3, 0.4) is 0 Å². The highest BCUT2D eigenvalue weighted by Gasteiger charge is 2.15. The van der Waals surface area contributed by atoms with Crippen LogP contribution in [-0.4, -0.2) is 30.0 Å². The van der Waals surface area contributed by atoms with E-state index in [1.54, 1.807) is 0 Å². The smallest absolute Gasteiger partial charge is 0.298 e. The minimum Gasteiger partial charge on any atom is -0.506 e. The molecule has 1 aromatic rings. The summed E-state index contributed by atoms with van der Waals surface area (Å²) in [5.74, 6) is -1.24. The van der Waals surface area contributed by atoms with Crippen molar-refractivity contribution in [2.24, 2.45) is 27.2 Å². The van der Waals surface area contributed by atoms with Crippen LogP contribution in [0.4, 0.5) is 5.69 Å². The highest BCUT2D eigenvalue weighted by atomic mass is 32.2. The Bertz CT molecular complexity index is 618. The van der Waals surface area contributed by atoms with Crippen LogP contribution >= 0.6 is 0 Å². The molecule has 0 aliphatic carbocycles. The summed E-state index contributed by atoms with van der Waals surface area (Å²) in [7, 11) is -4.49. The summed E-state index contributed by atoms with van der Waals surface area (Å²) in [6.07, 6.45) is 0. The normalized spacial score (nSPS) is 12.2. The number of phenols is 1. The zero-order chi connectivity index (χ0) is 13.9. The molecule has 0 aromatic heterocycles. The summed E-state index contributed by atoms with van der Waals surface area (Å²) in [6, 6.07) is 3.16. The standard InChI is InChI=1S/C8H11N5O4S/c9-7(10)13-8(11)12-4-1-2-6(5(14)3-4)18(15,16)17/h1-3,14H,(H,15,16,17)(H6,9,10,11,12,13). The fraction of sp³-hybridized carbons (Fsp3) is 0.